The number of nitriles is 1. The number of alkyl halides is 3. The molecule has 80 valence electrons. The summed E-state index contributed by atoms with van der Waals surface area (Å²) in [7, 11) is 0. The lowest BCUT2D eigenvalue weighted by Crippen LogP contribution is -2.17. The summed E-state index contributed by atoms with van der Waals surface area (Å²) in [5.74, 6) is 0. The summed E-state index contributed by atoms with van der Waals surface area (Å²) < 4.78 is 39.6. The number of ether oxygens (including phenoxy) is 1. The maximum absolute atomic E-state index is 11.7. The fourth-order valence-corrected chi connectivity index (χ4v) is 0.932. The molecule has 15 heavy (non-hydrogen) atoms. The topological polar surface area (TPSA) is 45.9 Å². The fraction of sp³-hybridized carbons (Fsp3) is 0.333. The Hall–Kier alpha value is -1.61. The van der Waals surface area contributed by atoms with Crippen LogP contribution in [-0.2, 0) is 11.3 Å². The molecule has 0 aliphatic carbocycles. The third-order valence-electron chi connectivity index (χ3n) is 1.52. The summed E-state index contributed by atoms with van der Waals surface area (Å²) in [6, 6.07) is 4.81. The van der Waals surface area contributed by atoms with Crippen LogP contribution >= 0.6 is 0 Å². The van der Waals surface area contributed by atoms with Gasteiger partial charge in [0.1, 0.15) is 18.4 Å². The van der Waals surface area contributed by atoms with Crippen LogP contribution in [0.25, 0.3) is 0 Å². The number of halogens is 3. The molecule has 0 N–H and O–H groups in total. The second kappa shape index (κ2) is 4.75. The van der Waals surface area contributed by atoms with Crippen molar-refractivity contribution in [2.24, 2.45) is 0 Å². The third kappa shape index (κ3) is 3.95. The van der Waals surface area contributed by atoms with E-state index < -0.39 is 12.8 Å². The summed E-state index contributed by atoms with van der Waals surface area (Å²) >= 11 is 0. The van der Waals surface area contributed by atoms with Gasteiger partial charge in [-0.2, -0.15) is 18.4 Å². The van der Waals surface area contributed by atoms with Gasteiger partial charge in [0, 0.05) is 11.8 Å². The van der Waals surface area contributed by atoms with Crippen LogP contribution in [0.3, 0.4) is 0 Å². The van der Waals surface area contributed by atoms with Crippen LogP contribution in [0, 0.1) is 11.3 Å². The number of aromatic nitrogens is 1. The quantitative estimate of drug-likeness (QED) is 0.776. The second-order valence-corrected chi connectivity index (χ2v) is 2.73. The van der Waals surface area contributed by atoms with E-state index in [-0.39, 0.29) is 12.3 Å². The molecule has 0 radical (unpaired) electrons. The van der Waals surface area contributed by atoms with Crippen molar-refractivity contribution in [2.45, 2.75) is 12.8 Å². The lowest BCUT2D eigenvalue weighted by molar-refractivity contribution is -0.176. The molecule has 1 aromatic rings. The van der Waals surface area contributed by atoms with Crippen molar-refractivity contribution in [3.05, 3.63) is 29.6 Å². The van der Waals surface area contributed by atoms with Crippen LogP contribution in [0.5, 0.6) is 0 Å². The molecule has 0 atom stereocenters. The van der Waals surface area contributed by atoms with Gasteiger partial charge in [-0.15, -0.1) is 0 Å². The molecule has 0 fully saturated rings. The van der Waals surface area contributed by atoms with Crippen LogP contribution < -0.4 is 0 Å². The number of hydrogen-bond acceptors (Lipinski definition) is 3. The largest absolute Gasteiger partial charge is 0.411 e. The van der Waals surface area contributed by atoms with E-state index in [1.165, 1.54) is 18.3 Å². The fourth-order valence-electron chi connectivity index (χ4n) is 0.932. The first-order valence-electron chi connectivity index (χ1n) is 4.01. The standard InChI is InChI=1S/C9H7F3N2O/c10-9(11,12)6-15-5-7-2-1-3-14-8(7)4-13/h1-3H,5-6H2. The van der Waals surface area contributed by atoms with Crippen molar-refractivity contribution < 1.29 is 17.9 Å². The summed E-state index contributed by atoms with van der Waals surface area (Å²) in [5, 5.41) is 8.59. The smallest absolute Gasteiger partial charge is 0.367 e. The van der Waals surface area contributed by atoms with E-state index in [1.807, 2.05) is 0 Å². The SMILES string of the molecule is N#Cc1ncccc1COCC(F)(F)F. The summed E-state index contributed by atoms with van der Waals surface area (Å²) in [4.78, 5) is 3.69. The molecule has 0 unspecified atom stereocenters. The van der Waals surface area contributed by atoms with Crippen LogP contribution in [0.4, 0.5) is 13.2 Å². The van der Waals surface area contributed by atoms with E-state index in [0.29, 0.717) is 5.56 Å². The Morgan fingerprint density at radius 3 is 2.80 bits per heavy atom. The lowest BCUT2D eigenvalue weighted by Gasteiger charge is -2.07. The van der Waals surface area contributed by atoms with E-state index in [0.717, 1.165) is 0 Å². The molecule has 0 bridgehead atoms. The molecule has 0 aliphatic heterocycles. The second-order valence-electron chi connectivity index (χ2n) is 2.73. The first-order chi connectivity index (χ1) is 7.03. The number of pyridine rings is 1. The minimum absolute atomic E-state index is 0.0830. The Morgan fingerprint density at radius 2 is 2.20 bits per heavy atom. The summed E-state index contributed by atoms with van der Waals surface area (Å²) in [5.41, 5.74) is 0.434. The van der Waals surface area contributed by atoms with E-state index in [1.54, 1.807) is 6.07 Å². The van der Waals surface area contributed by atoms with Gasteiger partial charge in [0.2, 0.25) is 0 Å². The average Bonchev–Trinajstić information content (AvgIpc) is 2.16. The molecule has 0 aliphatic rings. The number of rotatable bonds is 3. The van der Waals surface area contributed by atoms with E-state index in [2.05, 4.69) is 9.72 Å². The van der Waals surface area contributed by atoms with Gasteiger partial charge in [0.15, 0.2) is 0 Å². The molecule has 6 heteroatoms. The van der Waals surface area contributed by atoms with E-state index in [4.69, 9.17) is 5.26 Å². The van der Waals surface area contributed by atoms with Gasteiger partial charge in [0.05, 0.1) is 6.61 Å². The minimum Gasteiger partial charge on any atom is -0.367 e. The van der Waals surface area contributed by atoms with Gasteiger partial charge >= 0.3 is 6.18 Å². The van der Waals surface area contributed by atoms with Gasteiger partial charge in [-0.05, 0) is 6.07 Å². The monoisotopic (exact) mass is 216 g/mol. The van der Waals surface area contributed by atoms with Gasteiger partial charge in [-0.25, -0.2) is 4.98 Å². The van der Waals surface area contributed by atoms with Crippen molar-refractivity contribution in [3.8, 4) is 6.07 Å². The zero-order chi connectivity index (χ0) is 11.3. The van der Waals surface area contributed by atoms with Gasteiger partial charge < -0.3 is 4.74 Å². The molecule has 0 spiro atoms. The van der Waals surface area contributed by atoms with Crippen LogP contribution in [0.15, 0.2) is 18.3 Å². The predicted molar refractivity (Wildman–Crippen MR) is 44.7 cm³/mol. The highest BCUT2D eigenvalue weighted by Crippen LogP contribution is 2.16. The van der Waals surface area contributed by atoms with Crippen molar-refractivity contribution in [3.63, 3.8) is 0 Å². The highest BCUT2D eigenvalue weighted by Gasteiger charge is 2.27. The van der Waals surface area contributed by atoms with Gasteiger partial charge in [-0.1, -0.05) is 6.07 Å². The molecule has 1 rings (SSSR count). The highest BCUT2D eigenvalue weighted by atomic mass is 19.4. The van der Waals surface area contributed by atoms with Crippen molar-refractivity contribution in [1.82, 2.24) is 4.98 Å². The maximum atomic E-state index is 11.7. The van der Waals surface area contributed by atoms with Crippen LogP contribution in [0.2, 0.25) is 0 Å². The molecule has 0 saturated heterocycles. The zero-order valence-corrected chi connectivity index (χ0v) is 7.58. The van der Waals surface area contributed by atoms with Crippen LogP contribution in [0.1, 0.15) is 11.3 Å². The third-order valence-corrected chi connectivity index (χ3v) is 1.52. The van der Waals surface area contributed by atoms with Gasteiger partial charge in [0.25, 0.3) is 0 Å². The van der Waals surface area contributed by atoms with E-state index >= 15 is 0 Å². The van der Waals surface area contributed by atoms with Crippen molar-refractivity contribution in [1.29, 1.82) is 5.26 Å². The molecule has 1 aromatic heterocycles. The lowest BCUT2D eigenvalue weighted by atomic mass is 10.2. The normalized spacial score (nSPS) is 11.1. The Balaban J connectivity index is 2.55. The number of nitrogens with zero attached hydrogens (tertiary/aromatic N) is 2. The number of hydrogen-bond donors (Lipinski definition) is 0. The maximum Gasteiger partial charge on any atom is 0.411 e. The Morgan fingerprint density at radius 1 is 1.47 bits per heavy atom. The Bertz CT molecular complexity index is 370. The predicted octanol–water partition coefficient (Wildman–Crippen LogP) is 2.03. The molecule has 1 heterocycles. The summed E-state index contributed by atoms with van der Waals surface area (Å²) in [6.45, 7) is -1.59. The van der Waals surface area contributed by atoms with Crippen LogP contribution in [-0.4, -0.2) is 17.8 Å². The molecular weight excluding hydrogens is 209 g/mol. The minimum atomic E-state index is -4.35. The molecule has 0 saturated carbocycles. The molecule has 0 aromatic carbocycles. The van der Waals surface area contributed by atoms with Gasteiger partial charge in [-0.3, -0.25) is 0 Å². The first kappa shape index (κ1) is 11.5. The Labute approximate surface area is 84.1 Å². The van der Waals surface area contributed by atoms with E-state index in [9.17, 15) is 13.2 Å². The molecular formula is C9H7F3N2O. The average molecular weight is 216 g/mol. The summed E-state index contributed by atoms with van der Waals surface area (Å²) in [6.07, 6.45) is -2.96. The van der Waals surface area contributed by atoms with Crippen molar-refractivity contribution >= 4 is 0 Å². The zero-order valence-electron chi connectivity index (χ0n) is 7.58. The molecule has 3 nitrogen and oxygen atoms in total. The van der Waals surface area contributed by atoms with Crippen molar-refractivity contribution in [2.75, 3.05) is 6.61 Å². The highest BCUT2D eigenvalue weighted by molar-refractivity contribution is 5.29. The first-order valence-corrected chi connectivity index (χ1v) is 4.01. The molecule has 0 amide bonds. The Kier molecular flexibility index (Phi) is 3.63.